The summed E-state index contributed by atoms with van der Waals surface area (Å²) in [6.07, 6.45) is 1.97. The zero-order valence-electron chi connectivity index (χ0n) is 15.3. The first-order valence-electron chi connectivity index (χ1n) is 8.69. The van der Waals surface area contributed by atoms with E-state index in [1.165, 1.54) is 0 Å². The maximum Gasteiger partial charge on any atom is 0.224 e. The largest absolute Gasteiger partial charge is 0.326 e. The number of nitrogens with zero attached hydrogens (tertiary/aromatic N) is 3. The smallest absolute Gasteiger partial charge is 0.224 e. The molecular weight excluding hydrogens is 312 g/mol. The first-order valence-corrected chi connectivity index (χ1v) is 8.69. The summed E-state index contributed by atoms with van der Waals surface area (Å²) in [6.45, 7) is 8.08. The second-order valence-corrected chi connectivity index (χ2v) is 6.38. The molecule has 0 aliphatic rings. The van der Waals surface area contributed by atoms with Crippen molar-refractivity contribution in [3.05, 3.63) is 58.5 Å². The number of aromatic nitrogens is 3. The molecular formula is C20H24N4O. The van der Waals surface area contributed by atoms with Crippen LogP contribution in [0.25, 0.3) is 5.65 Å². The molecule has 0 spiro atoms. The molecule has 1 aromatic carbocycles. The number of fused-ring (bicyclic) bond motifs is 1. The van der Waals surface area contributed by atoms with Gasteiger partial charge in [0.15, 0.2) is 5.65 Å². The minimum Gasteiger partial charge on any atom is -0.326 e. The molecule has 0 saturated carbocycles. The van der Waals surface area contributed by atoms with Crippen molar-refractivity contribution < 1.29 is 4.79 Å². The monoisotopic (exact) mass is 336 g/mol. The average Bonchev–Trinajstić information content (AvgIpc) is 2.95. The molecule has 1 N–H and O–H groups in total. The molecule has 0 saturated heterocycles. The van der Waals surface area contributed by atoms with Gasteiger partial charge in [-0.15, -0.1) is 0 Å². The first kappa shape index (κ1) is 17.1. The zero-order chi connectivity index (χ0) is 18.0. The van der Waals surface area contributed by atoms with E-state index in [-0.39, 0.29) is 5.91 Å². The Kier molecular flexibility index (Phi) is 4.83. The summed E-state index contributed by atoms with van der Waals surface area (Å²) in [5.41, 5.74) is 6.97. The molecule has 0 unspecified atom stereocenters. The van der Waals surface area contributed by atoms with Crippen molar-refractivity contribution in [2.45, 2.75) is 47.0 Å². The van der Waals surface area contributed by atoms with Gasteiger partial charge in [0.05, 0.1) is 5.69 Å². The summed E-state index contributed by atoms with van der Waals surface area (Å²) in [4.78, 5) is 17.0. The summed E-state index contributed by atoms with van der Waals surface area (Å²) >= 11 is 0. The van der Waals surface area contributed by atoms with Gasteiger partial charge in [-0.2, -0.15) is 5.10 Å². The van der Waals surface area contributed by atoms with Crippen molar-refractivity contribution in [1.82, 2.24) is 14.6 Å². The van der Waals surface area contributed by atoms with E-state index in [1.54, 1.807) is 0 Å². The molecule has 0 aliphatic carbocycles. The SMILES string of the molecule is CCc1ccccc1NC(=O)CCc1c(C)nc2cc(C)nn2c1C. The summed E-state index contributed by atoms with van der Waals surface area (Å²) in [7, 11) is 0. The molecule has 5 nitrogen and oxygen atoms in total. The summed E-state index contributed by atoms with van der Waals surface area (Å²) in [5, 5.41) is 7.52. The van der Waals surface area contributed by atoms with Gasteiger partial charge in [0.2, 0.25) is 5.91 Å². The number of anilines is 1. The minimum absolute atomic E-state index is 0.0245. The predicted molar refractivity (Wildman–Crippen MR) is 100.0 cm³/mol. The van der Waals surface area contributed by atoms with Crippen molar-refractivity contribution in [2.24, 2.45) is 0 Å². The number of aryl methyl sites for hydroxylation is 4. The number of carbonyl (C=O) groups is 1. The summed E-state index contributed by atoms with van der Waals surface area (Å²) in [6, 6.07) is 9.91. The highest BCUT2D eigenvalue weighted by Gasteiger charge is 2.13. The molecule has 1 amide bonds. The lowest BCUT2D eigenvalue weighted by Crippen LogP contribution is -2.15. The maximum atomic E-state index is 12.4. The van der Waals surface area contributed by atoms with E-state index in [4.69, 9.17) is 0 Å². The van der Waals surface area contributed by atoms with Gasteiger partial charge in [-0.25, -0.2) is 9.50 Å². The first-order chi connectivity index (χ1) is 12.0. The van der Waals surface area contributed by atoms with Crippen molar-refractivity contribution in [2.75, 3.05) is 5.32 Å². The molecule has 2 aromatic heterocycles. The predicted octanol–water partition coefficient (Wildman–Crippen LogP) is 3.79. The third kappa shape index (κ3) is 3.55. The van der Waals surface area contributed by atoms with E-state index in [0.717, 1.165) is 46.0 Å². The molecule has 0 bridgehead atoms. The Morgan fingerprint density at radius 3 is 2.72 bits per heavy atom. The van der Waals surface area contributed by atoms with Crippen LogP contribution in [0.15, 0.2) is 30.3 Å². The molecule has 0 aliphatic heterocycles. The van der Waals surface area contributed by atoms with Crippen LogP contribution in [0.5, 0.6) is 0 Å². The fraction of sp³-hybridized carbons (Fsp3) is 0.350. The van der Waals surface area contributed by atoms with Gasteiger partial charge in [0, 0.05) is 29.6 Å². The lowest BCUT2D eigenvalue weighted by Gasteiger charge is -2.12. The summed E-state index contributed by atoms with van der Waals surface area (Å²) in [5.74, 6) is 0.0245. The van der Waals surface area contributed by atoms with E-state index in [9.17, 15) is 4.79 Å². The van der Waals surface area contributed by atoms with Crippen molar-refractivity contribution in [1.29, 1.82) is 0 Å². The number of para-hydroxylation sites is 1. The van der Waals surface area contributed by atoms with Crippen molar-refractivity contribution in [3.63, 3.8) is 0 Å². The summed E-state index contributed by atoms with van der Waals surface area (Å²) < 4.78 is 1.86. The van der Waals surface area contributed by atoms with Gasteiger partial charge in [0.1, 0.15) is 0 Å². The maximum absolute atomic E-state index is 12.4. The van der Waals surface area contributed by atoms with E-state index in [1.807, 2.05) is 55.6 Å². The molecule has 130 valence electrons. The standard InChI is InChI=1S/C20H24N4O/c1-5-16-8-6-7-9-18(16)22-20(25)11-10-17-14(3)21-19-12-13(2)23-24(19)15(17)4/h6-9,12H,5,10-11H2,1-4H3,(H,22,25). The van der Waals surface area contributed by atoms with Gasteiger partial charge in [-0.1, -0.05) is 25.1 Å². The molecule has 25 heavy (non-hydrogen) atoms. The number of hydrogen-bond donors (Lipinski definition) is 1. The van der Waals surface area contributed by atoms with Crippen LogP contribution in [0.4, 0.5) is 5.69 Å². The molecule has 2 heterocycles. The number of carbonyl (C=O) groups excluding carboxylic acids is 1. The second-order valence-electron chi connectivity index (χ2n) is 6.38. The molecule has 0 fully saturated rings. The van der Waals surface area contributed by atoms with E-state index < -0.39 is 0 Å². The fourth-order valence-electron chi connectivity index (χ4n) is 3.20. The third-order valence-electron chi connectivity index (χ3n) is 4.56. The number of rotatable bonds is 5. The van der Waals surface area contributed by atoms with Crippen LogP contribution in [0, 0.1) is 20.8 Å². The fourth-order valence-corrected chi connectivity index (χ4v) is 3.20. The Morgan fingerprint density at radius 2 is 1.96 bits per heavy atom. The topological polar surface area (TPSA) is 59.3 Å². The molecule has 3 aromatic rings. The lowest BCUT2D eigenvalue weighted by atomic mass is 10.1. The highest BCUT2D eigenvalue weighted by Crippen LogP contribution is 2.19. The zero-order valence-corrected chi connectivity index (χ0v) is 15.3. The van der Waals surface area contributed by atoms with Crippen molar-refractivity contribution in [3.8, 4) is 0 Å². The van der Waals surface area contributed by atoms with Gasteiger partial charge < -0.3 is 5.32 Å². The van der Waals surface area contributed by atoms with E-state index >= 15 is 0 Å². The van der Waals surface area contributed by atoms with Crippen LogP contribution < -0.4 is 5.32 Å². The van der Waals surface area contributed by atoms with Crippen molar-refractivity contribution >= 4 is 17.2 Å². The molecule has 0 radical (unpaired) electrons. The quantitative estimate of drug-likeness (QED) is 0.771. The highest BCUT2D eigenvalue weighted by atomic mass is 16.1. The Labute approximate surface area is 148 Å². The Balaban J connectivity index is 1.75. The Bertz CT molecular complexity index is 927. The van der Waals surface area contributed by atoms with Crippen LogP contribution in [0.3, 0.4) is 0 Å². The molecule has 5 heteroatoms. The van der Waals surface area contributed by atoms with Crippen LogP contribution >= 0.6 is 0 Å². The molecule has 3 rings (SSSR count). The second kappa shape index (κ2) is 7.05. The Morgan fingerprint density at radius 1 is 1.20 bits per heavy atom. The van der Waals surface area contributed by atoms with Crippen LogP contribution in [0.1, 0.15) is 41.6 Å². The average molecular weight is 336 g/mol. The minimum atomic E-state index is 0.0245. The Hall–Kier alpha value is -2.69. The van der Waals surface area contributed by atoms with E-state index in [2.05, 4.69) is 22.3 Å². The van der Waals surface area contributed by atoms with Gasteiger partial charge in [-0.3, -0.25) is 4.79 Å². The molecule has 0 atom stereocenters. The van der Waals surface area contributed by atoms with Crippen LogP contribution in [-0.4, -0.2) is 20.5 Å². The van der Waals surface area contributed by atoms with Crippen LogP contribution in [-0.2, 0) is 17.6 Å². The number of benzene rings is 1. The normalized spacial score (nSPS) is 11.0. The third-order valence-corrected chi connectivity index (χ3v) is 4.56. The van der Waals surface area contributed by atoms with Gasteiger partial charge >= 0.3 is 0 Å². The number of nitrogens with one attached hydrogen (secondary N) is 1. The van der Waals surface area contributed by atoms with Gasteiger partial charge in [0.25, 0.3) is 0 Å². The van der Waals surface area contributed by atoms with Gasteiger partial charge in [-0.05, 0) is 50.8 Å². The lowest BCUT2D eigenvalue weighted by molar-refractivity contribution is -0.116. The number of hydrogen-bond acceptors (Lipinski definition) is 3. The number of amides is 1. The van der Waals surface area contributed by atoms with Crippen LogP contribution in [0.2, 0.25) is 0 Å². The highest BCUT2D eigenvalue weighted by molar-refractivity contribution is 5.91. The van der Waals surface area contributed by atoms with E-state index in [0.29, 0.717) is 12.8 Å².